The first-order valence-corrected chi connectivity index (χ1v) is 4.18. The highest BCUT2D eigenvalue weighted by Gasteiger charge is 2.19. The molecule has 0 radical (unpaired) electrons. The predicted octanol–water partition coefficient (Wildman–Crippen LogP) is 0.701. The van der Waals surface area contributed by atoms with Crippen LogP contribution >= 0.6 is 0 Å². The Morgan fingerprint density at radius 1 is 1.54 bits per heavy atom. The van der Waals surface area contributed by atoms with Gasteiger partial charge in [0.25, 0.3) is 0 Å². The minimum atomic E-state index is -0.300. The van der Waals surface area contributed by atoms with Crippen LogP contribution in [0.1, 0.15) is 25.5 Å². The van der Waals surface area contributed by atoms with E-state index in [0.717, 1.165) is 5.69 Å². The zero-order valence-electron chi connectivity index (χ0n) is 7.77. The topological polar surface area (TPSA) is 68.9 Å². The molecule has 0 saturated carbocycles. The number of hydrogen-bond acceptors (Lipinski definition) is 3. The summed E-state index contributed by atoms with van der Waals surface area (Å²) < 4.78 is 0. The molecule has 1 aromatic rings. The number of primary amides is 1. The second-order valence-corrected chi connectivity index (χ2v) is 3.11. The Balaban J connectivity index is 2.79. The van der Waals surface area contributed by atoms with Crippen LogP contribution in [0.15, 0.2) is 18.6 Å². The molecule has 0 bridgehead atoms. The molecule has 0 aliphatic heterocycles. The maximum absolute atomic E-state index is 10.9. The molecule has 2 unspecified atom stereocenters. The first kappa shape index (κ1) is 9.64. The Bertz CT molecular complexity index is 286. The lowest BCUT2D eigenvalue weighted by molar-refractivity contribution is -0.121. The molecule has 4 heteroatoms. The summed E-state index contributed by atoms with van der Waals surface area (Å²) in [5.41, 5.74) is 6.04. The van der Waals surface area contributed by atoms with Crippen molar-refractivity contribution >= 4 is 5.91 Å². The summed E-state index contributed by atoms with van der Waals surface area (Å²) >= 11 is 0. The van der Waals surface area contributed by atoms with E-state index in [1.54, 1.807) is 19.2 Å². The van der Waals surface area contributed by atoms with Crippen LogP contribution in [0.5, 0.6) is 0 Å². The molecule has 0 aliphatic carbocycles. The molecule has 4 nitrogen and oxygen atoms in total. The molecule has 0 fully saturated rings. The SMILES string of the molecule is CC(C(N)=O)C(C)c1ccncn1. The van der Waals surface area contributed by atoms with Gasteiger partial charge >= 0.3 is 0 Å². The summed E-state index contributed by atoms with van der Waals surface area (Å²) in [7, 11) is 0. The van der Waals surface area contributed by atoms with E-state index in [4.69, 9.17) is 5.73 Å². The molecule has 1 amide bonds. The third-order valence-electron chi connectivity index (χ3n) is 2.27. The van der Waals surface area contributed by atoms with Gasteiger partial charge in [0.2, 0.25) is 5.91 Å². The van der Waals surface area contributed by atoms with Crippen molar-refractivity contribution < 1.29 is 4.79 Å². The zero-order valence-corrected chi connectivity index (χ0v) is 7.77. The van der Waals surface area contributed by atoms with Gasteiger partial charge < -0.3 is 5.73 Å². The van der Waals surface area contributed by atoms with Gasteiger partial charge in [-0.15, -0.1) is 0 Å². The van der Waals surface area contributed by atoms with E-state index in [1.165, 1.54) is 6.33 Å². The fraction of sp³-hybridized carbons (Fsp3) is 0.444. The number of amides is 1. The average molecular weight is 179 g/mol. The standard InChI is InChI=1S/C9H13N3O/c1-6(7(2)9(10)13)8-3-4-11-5-12-8/h3-7H,1-2H3,(H2,10,13). The Kier molecular flexibility index (Phi) is 2.95. The minimum absolute atomic E-state index is 0.0421. The quantitative estimate of drug-likeness (QED) is 0.742. The molecule has 2 atom stereocenters. The molecular weight excluding hydrogens is 166 g/mol. The number of nitrogens with two attached hydrogens (primary N) is 1. The highest BCUT2D eigenvalue weighted by Crippen LogP contribution is 2.20. The Morgan fingerprint density at radius 2 is 2.23 bits per heavy atom. The van der Waals surface area contributed by atoms with Crippen LogP contribution in [0.2, 0.25) is 0 Å². The molecule has 0 aliphatic rings. The third-order valence-corrected chi connectivity index (χ3v) is 2.27. The van der Waals surface area contributed by atoms with Crippen molar-refractivity contribution in [2.75, 3.05) is 0 Å². The van der Waals surface area contributed by atoms with E-state index >= 15 is 0 Å². The van der Waals surface area contributed by atoms with E-state index in [0.29, 0.717) is 0 Å². The van der Waals surface area contributed by atoms with Crippen LogP contribution in [0.25, 0.3) is 0 Å². The monoisotopic (exact) mass is 179 g/mol. The minimum Gasteiger partial charge on any atom is -0.369 e. The largest absolute Gasteiger partial charge is 0.369 e. The summed E-state index contributed by atoms with van der Waals surface area (Å²) in [5, 5.41) is 0. The Hall–Kier alpha value is -1.45. The van der Waals surface area contributed by atoms with Gasteiger partial charge in [-0.1, -0.05) is 13.8 Å². The van der Waals surface area contributed by atoms with Gasteiger partial charge in [-0.05, 0) is 6.07 Å². The van der Waals surface area contributed by atoms with Crippen LogP contribution in [0.4, 0.5) is 0 Å². The lowest BCUT2D eigenvalue weighted by Gasteiger charge is -2.15. The molecule has 13 heavy (non-hydrogen) atoms. The van der Waals surface area contributed by atoms with Gasteiger partial charge in [0.15, 0.2) is 0 Å². The average Bonchev–Trinajstić information content (AvgIpc) is 2.17. The normalized spacial score (nSPS) is 14.9. The maximum atomic E-state index is 10.9. The molecule has 1 heterocycles. The smallest absolute Gasteiger partial charge is 0.220 e. The fourth-order valence-electron chi connectivity index (χ4n) is 1.07. The predicted molar refractivity (Wildman–Crippen MR) is 48.8 cm³/mol. The summed E-state index contributed by atoms with van der Waals surface area (Å²) in [6, 6.07) is 1.80. The first-order chi connectivity index (χ1) is 6.13. The second kappa shape index (κ2) is 3.98. The van der Waals surface area contributed by atoms with Crippen molar-refractivity contribution in [3.63, 3.8) is 0 Å². The van der Waals surface area contributed by atoms with E-state index in [9.17, 15) is 4.79 Å². The first-order valence-electron chi connectivity index (χ1n) is 4.18. The molecule has 70 valence electrons. The lowest BCUT2D eigenvalue weighted by Crippen LogP contribution is -2.25. The van der Waals surface area contributed by atoms with E-state index in [2.05, 4.69) is 9.97 Å². The van der Waals surface area contributed by atoms with E-state index in [1.807, 2.05) is 6.92 Å². The number of carbonyl (C=O) groups excluding carboxylic acids is 1. The number of nitrogens with zero attached hydrogens (tertiary/aromatic N) is 2. The summed E-state index contributed by atoms with van der Waals surface area (Å²) in [4.78, 5) is 18.8. The van der Waals surface area contributed by atoms with Gasteiger partial charge in [0, 0.05) is 23.7 Å². The third kappa shape index (κ3) is 2.24. The molecule has 1 aromatic heterocycles. The van der Waals surface area contributed by atoms with Crippen molar-refractivity contribution in [2.45, 2.75) is 19.8 Å². The fourth-order valence-corrected chi connectivity index (χ4v) is 1.07. The highest BCUT2D eigenvalue weighted by molar-refractivity contribution is 5.77. The second-order valence-electron chi connectivity index (χ2n) is 3.11. The Morgan fingerprint density at radius 3 is 2.69 bits per heavy atom. The van der Waals surface area contributed by atoms with Crippen molar-refractivity contribution in [3.8, 4) is 0 Å². The molecule has 0 aromatic carbocycles. The van der Waals surface area contributed by atoms with E-state index < -0.39 is 0 Å². The molecule has 0 spiro atoms. The number of rotatable bonds is 3. The van der Waals surface area contributed by atoms with Gasteiger partial charge in [-0.3, -0.25) is 4.79 Å². The zero-order chi connectivity index (χ0) is 9.84. The molecular formula is C9H13N3O. The van der Waals surface area contributed by atoms with Crippen LogP contribution in [0.3, 0.4) is 0 Å². The van der Waals surface area contributed by atoms with Crippen molar-refractivity contribution in [1.82, 2.24) is 9.97 Å². The van der Waals surface area contributed by atoms with Crippen LogP contribution < -0.4 is 5.73 Å². The maximum Gasteiger partial charge on any atom is 0.220 e. The van der Waals surface area contributed by atoms with Gasteiger partial charge in [-0.25, -0.2) is 9.97 Å². The molecule has 0 saturated heterocycles. The van der Waals surface area contributed by atoms with Gasteiger partial charge in [-0.2, -0.15) is 0 Å². The van der Waals surface area contributed by atoms with Crippen LogP contribution in [-0.2, 0) is 4.79 Å². The van der Waals surface area contributed by atoms with Crippen LogP contribution in [0, 0.1) is 5.92 Å². The van der Waals surface area contributed by atoms with Crippen molar-refractivity contribution in [1.29, 1.82) is 0 Å². The van der Waals surface area contributed by atoms with Crippen molar-refractivity contribution in [3.05, 3.63) is 24.3 Å². The molecule has 2 N–H and O–H groups in total. The van der Waals surface area contributed by atoms with Gasteiger partial charge in [0.05, 0.1) is 0 Å². The summed E-state index contributed by atoms with van der Waals surface area (Å²) in [5.74, 6) is -0.457. The van der Waals surface area contributed by atoms with Gasteiger partial charge in [0.1, 0.15) is 6.33 Å². The number of carbonyl (C=O) groups is 1. The number of aromatic nitrogens is 2. The Labute approximate surface area is 77.2 Å². The van der Waals surface area contributed by atoms with Crippen molar-refractivity contribution in [2.24, 2.45) is 11.7 Å². The summed E-state index contributed by atoms with van der Waals surface area (Å²) in [6.07, 6.45) is 3.13. The summed E-state index contributed by atoms with van der Waals surface area (Å²) in [6.45, 7) is 3.73. The number of hydrogen-bond donors (Lipinski definition) is 1. The van der Waals surface area contributed by atoms with Crippen LogP contribution in [-0.4, -0.2) is 15.9 Å². The van der Waals surface area contributed by atoms with E-state index in [-0.39, 0.29) is 17.7 Å². The highest BCUT2D eigenvalue weighted by atomic mass is 16.1. The molecule has 1 rings (SSSR count). The lowest BCUT2D eigenvalue weighted by atomic mass is 9.92.